The molecule has 2 aliphatic rings. The molecular weight excluding hydrogens is 427 g/mol. The minimum atomic E-state index is -1.01. The van der Waals surface area contributed by atoms with Crippen LogP contribution in [0.2, 0.25) is 0 Å². The van der Waals surface area contributed by atoms with Gasteiger partial charge in [0.1, 0.15) is 16.9 Å². The van der Waals surface area contributed by atoms with Crippen LogP contribution in [0.1, 0.15) is 13.3 Å². The normalized spacial score (nSPS) is 26.3. The van der Waals surface area contributed by atoms with Gasteiger partial charge in [0.25, 0.3) is 0 Å². The average molecular weight is 451 g/mol. The molecule has 3 aromatic rings. The number of fused-ring (bicyclic) bond motifs is 2. The lowest BCUT2D eigenvalue weighted by molar-refractivity contribution is 0.163. The summed E-state index contributed by atoms with van der Waals surface area (Å²) in [6, 6.07) is 9.25. The van der Waals surface area contributed by atoms with E-state index in [0.29, 0.717) is 28.6 Å². The van der Waals surface area contributed by atoms with Gasteiger partial charge >= 0.3 is 0 Å². The third kappa shape index (κ3) is 3.84. The molecule has 0 amide bonds. The van der Waals surface area contributed by atoms with Crippen molar-refractivity contribution in [2.24, 2.45) is 0 Å². The Morgan fingerprint density at radius 3 is 2.75 bits per heavy atom. The number of nitrogens with one attached hydrogen (secondary N) is 1. The third-order valence-corrected chi connectivity index (χ3v) is 7.19. The first-order valence-electron chi connectivity index (χ1n) is 10.4. The summed E-state index contributed by atoms with van der Waals surface area (Å²) in [6.07, 6.45) is 8.62. The maximum Gasteiger partial charge on any atom is 0.213 e. The van der Waals surface area contributed by atoms with Crippen LogP contribution in [0.4, 0.5) is 4.39 Å². The standard InChI is InChI=1S/C24H23FN4O2S/c1-24-7-5-16(29-24)11-20(23(24)25)32-22-13-27-18(12-28-22)17-4-3-14(9-19(17)30)15-6-8-26-21(10-15)31-2/h3-10,12-13,16,20,23,29-30H,11H2,1-2H3/t16-,20-,23-,24+/m1/s1. The summed E-state index contributed by atoms with van der Waals surface area (Å²) in [4.78, 5) is 13.1. The zero-order valence-corrected chi connectivity index (χ0v) is 18.5. The number of aromatic hydroxyl groups is 1. The van der Waals surface area contributed by atoms with Gasteiger partial charge in [-0.2, -0.15) is 0 Å². The number of phenolic OH excluding ortho intramolecular Hbond substituents is 1. The first kappa shape index (κ1) is 20.9. The fourth-order valence-electron chi connectivity index (χ4n) is 4.28. The molecule has 0 spiro atoms. The molecule has 2 bridgehead atoms. The second-order valence-electron chi connectivity index (χ2n) is 8.25. The first-order valence-corrected chi connectivity index (χ1v) is 11.3. The van der Waals surface area contributed by atoms with Gasteiger partial charge < -0.3 is 9.84 Å². The molecule has 1 fully saturated rings. The van der Waals surface area contributed by atoms with E-state index in [1.807, 2.05) is 31.2 Å². The van der Waals surface area contributed by atoms with E-state index >= 15 is 4.39 Å². The van der Waals surface area contributed by atoms with Crippen LogP contribution in [-0.4, -0.2) is 50.2 Å². The number of methoxy groups -OCH3 is 1. The van der Waals surface area contributed by atoms with Crippen LogP contribution in [-0.2, 0) is 0 Å². The van der Waals surface area contributed by atoms with E-state index in [0.717, 1.165) is 11.1 Å². The van der Waals surface area contributed by atoms with Gasteiger partial charge in [-0.15, -0.1) is 0 Å². The van der Waals surface area contributed by atoms with Crippen LogP contribution >= 0.6 is 11.8 Å². The van der Waals surface area contributed by atoms with Crippen molar-refractivity contribution in [1.29, 1.82) is 0 Å². The number of hydrogen-bond donors (Lipinski definition) is 2. The topological polar surface area (TPSA) is 80.2 Å². The van der Waals surface area contributed by atoms with E-state index < -0.39 is 11.7 Å². The zero-order chi connectivity index (χ0) is 22.3. The molecule has 8 heteroatoms. The number of ether oxygens (including phenoxy) is 1. The molecule has 0 saturated carbocycles. The Kier molecular flexibility index (Phi) is 5.35. The fraction of sp³-hybridized carbons (Fsp3) is 0.292. The molecule has 1 aromatic carbocycles. The number of hydrogen-bond acceptors (Lipinski definition) is 7. The van der Waals surface area contributed by atoms with Gasteiger partial charge in [-0.3, -0.25) is 10.3 Å². The number of nitrogens with zero attached hydrogens (tertiary/aromatic N) is 3. The SMILES string of the molecule is COc1cc(-c2ccc(-c3cnc(S[C@@H]4C[C@H]5C=C[C@](C)(N5)[C@@H]4F)cn3)c(O)c2)ccn1. The highest BCUT2D eigenvalue weighted by atomic mass is 32.2. The molecule has 2 aromatic heterocycles. The van der Waals surface area contributed by atoms with E-state index in [2.05, 4.69) is 26.3 Å². The Morgan fingerprint density at radius 2 is 2.00 bits per heavy atom. The second kappa shape index (κ2) is 8.18. The van der Waals surface area contributed by atoms with Crippen LogP contribution < -0.4 is 10.1 Å². The van der Waals surface area contributed by atoms with Gasteiger partial charge in [-0.1, -0.05) is 30.0 Å². The quantitative estimate of drug-likeness (QED) is 0.558. The van der Waals surface area contributed by atoms with Crippen molar-refractivity contribution >= 4 is 11.8 Å². The van der Waals surface area contributed by atoms with E-state index in [-0.39, 0.29) is 17.0 Å². The molecule has 0 radical (unpaired) electrons. The lowest BCUT2D eigenvalue weighted by atomic mass is 9.90. The smallest absolute Gasteiger partial charge is 0.213 e. The predicted octanol–water partition coefficient (Wildman–Crippen LogP) is 4.41. The van der Waals surface area contributed by atoms with Crippen molar-refractivity contribution < 1.29 is 14.2 Å². The minimum absolute atomic E-state index is 0.103. The van der Waals surface area contributed by atoms with Gasteiger partial charge in [-0.05, 0) is 42.7 Å². The summed E-state index contributed by atoms with van der Waals surface area (Å²) in [5.74, 6) is 0.609. The van der Waals surface area contributed by atoms with Gasteiger partial charge in [0, 0.05) is 29.1 Å². The van der Waals surface area contributed by atoms with Gasteiger partial charge in [0.05, 0.1) is 30.7 Å². The Morgan fingerprint density at radius 1 is 1.16 bits per heavy atom. The largest absolute Gasteiger partial charge is 0.507 e. The molecule has 4 heterocycles. The van der Waals surface area contributed by atoms with Crippen LogP contribution in [0.25, 0.3) is 22.4 Å². The minimum Gasteiger partial charge on any atom is -0.507 e. The summed E-state index contributed by atoms with van der Waals surface area (Å²) in [7, 11) is 1.56. The number of halogens is 1. The molecular formula is C24H23FN4O2S. The van der Waals surface area contributed by atoms with E-state index in [1.165, 1.54) is 11.8 Å². The van der Waals surface area contributed by atoms with Crippen molar-refractivity contribution in [2.75, 3.05) is 7.11 Å². The molecule has 5 rings (SSSR count). The van der Waals surface area contributed by atoms with E-state index in [9.17, 15) is 5.11 Å². The summed E-state index contributed by atoms with van der Waals surface area (Å²) >= 11 is 1.42. The molecule has 0 aliphatic carbocycles. The van der Waals surface area contributed by atoms with Gasteiger partial charge in [-0.25, -0.2) is 14.4 Å². The summed E-state index contributed by atoms with van der Waals surface area (Å²) in [5, 5.41) is 14.4. The number of aromatic nitrogens is 3. The third-order valence-electron chi connectivity index (χ3n) is 6.01. The van der Waals surface area contributed by atoms with Crippen LogP contribution in [0, 0.1) is 0 Å². The van der Waals surface area contributed by atoms with E-state index in [4.69, 9.17) is 4.74 Å². The van der Waals surface area contributed by atoms with Gasteiger partial charge in [0.2, 0.25) is 5.88 Å². The highest BCUT2D eigenvalue weighted by Crippen LogP contribution is 2.41. The number of thioether (sulfide) groups is 1. The molecule has 164 valence electrons. The highest BCUT2D eigenvalue weighted by Gasteiger charge is 2.47. The Bertz CT molecular complexity index is 1170. The van der Waals surface area contributed by atoms with Crippen molar-refractivity contribution in [3.63, 3.8) is 0 Å². The highest BCUT2D eigenvalue weighted by molar-refractivity contribution is 7.99. The number of alkyl halides is 1. The lowest BCUT2D eigenvalue weighted by Crippen LogP contribution is -2.57. The Labute approximate surface area is 190 Å². The number of piperidine rings is 1. The van der Waals surface area contributed by atoms with Crippen LogP contribution in [0.3, 0.4) is 0 Å². The maximum absolute atomic E-state index is 15.0. The summed E-state index contributed by atoms with van der Waals surface area (Å²) in [6.45, 7) is 1.89. The monoisotopic (exact) mass is 450 g/mol. The molecule has 4 atom stereocenters. The Hall–Kier alpha value is -2.97. The first-order chi connectivity index (χ1) is 15.4. The van der Waals surface area contributed by atoms with Crippen LogP contribution in [0.5, 0.6) is 11.6 Å². The summed E-state index contributed by atoms with van der Waals surface area (Å²) < 4.78 is 20.2. The van der Waals surface area contributed by atoms with Gasteiger partial charge in [0.15, 0.2) is 0 Å². The molecule has 6 nitrogen and oxygen atoms in total. The average Bonchev–Trinajstić information content (AvgIpc) is 3.15. The number of phenols is 1. The van der Waals surface area contributed by atoms with Crippen molar-refractivity contribution in [3.8, 4) is 34.0 Å². The molecule has 1 saturated heterocycles. The predicted molar refractivity (Wildman–Crippen MR) is 123 cm³/mol. The lowest BCUT2D eigenvalue weighted by Gasteiger charge is -2.39. The van der Waals surface area contributed by atoms with Crippen molar-refractivity contribution in [1.82, 2.24) is 20.3 Å². The molecule has 32 heavy (non-hydrogen) atoms. The molecule has 2 aliphatic heterocycles. The van der Waals surface area contributed by atoms with Crippen molar-refractivity contribution in [3.05, 3.63) is 61.1 Å². The number of benzene rings is 1. The molecule has 2 N–H and O–H groups in total. The number of rotatable bonds is 5. The van der Waals surface area contributed by atoms with E-state index in [1.54, 1.807) is 37.8 Å². The molecule has 0 unspecified atom stereocenters. The summed E-state index contributed by atoms with van der Waals surface area (Å²) in [5.41, 5.74) is 2.25. The maximum atomic E-state index is 15.0. The van der Waals surface area contributed by atoms with Crippen molar-refractivity contribution in [2.45, 2.75) is 41.4 Å². The second-order valence-corrected chi connectivity index (χ2v) is 9.50. The number of pyridine rings is 1. The fourth-order valence-corrected chi connectivity index (χ4v) is 5.53. The zero-order valence-electron chi connectivity index (χ0n) is 17.7. The Balaban J connectivity index is 1.33. The van der Waals surface area contributed by atoms with Crippen LogP contribution in [0.15, 0.2) is 66.1 Å².